The smallest absolute Gasteiger partial charge is 0.442 e. The van der Waals surface area contributed by atoms with Crippen LogP contribution in [0.5, 0.6) is 0 Å². The lowest BCUT2D eigenvalue weighted by molar-refractivity contribution is -0.147. The molecule has 0 heterocycles. The number of rotatable bonds is 6. The molecule has 0 spiro atoms. The van der Waals surface area contributed by atoms with Crippen LogP contribution in [0.2, 0.25) is 0 Å². The van der Waals surface area contributed by atoms with Crippen LogP contribution in [0.15, 0.2) is 11.9 Å². The highest BCUT2D eigenvalue weighted by Crippen LogP contribution is 2.60. The molecule has 1 fully saturated rings. The zero-order chi connectivity index (χ0) is 22.3. The van der Waals surface area contributed by atoms with Gasteiger partial charge >= 0.3 is 12.1 Å². The summed E-state index contributed by atoms with van der Waals surface area (Å²) in [6.07, 6.45) is -5.00. The summed E-state index contributed by atoms with van der Waals surface area (Å²) in [5.74, 6) is -13.0. The molecular formula is C18H16F8O3. The summed E-state index contributed by atoms with van der Waals surface area (Å²) >= 11 is 0. The van der Waals surface area contributed by atoms with E-state index in [1.807, 2.05) is 0 Å². The molecule has 1 aromatic carbocycles. The van der Waals surface area contributed by atoms with E-state index in [-0.39, 0.29) is 6.08 Å². The van der Waals surface area contributed by atoms with Crippen LogP contribution >= 0.6 is 0 Å². The molecule has 2 rings (SSSR count). The van der Waals surface area contributed by atoms with Gasteiger partial charge in [-0.2, -0.15) is 13.2 Å². The van der Waals surface area contributed by atoms with E-state index in [1.54, 1.807) is 0 Å². The Morgan fingerprint density at radius 3 is 1.86 bits per heavy atom. The van der Waals surface area contributed by atoms with Gasteiger partial charge in [0.05, 0.1) is 23.7 Å². The van der Waals surface area contributed by atoms with Gasteiger partial charge in [-0.05, 0) is 17.4 Å². The van der Waals surface area contributed by atoms with Gasteiger partial charge in [-0.15, -0.1) is 0 Å². The summed E-state index contributed by atoms with van der Waals surface area (Å²) in [5, 5.41) is 0. The van der Waals surface area contributed by atoms with Crippen molar-refractivity contribution in [1.29, 1.82) is 0 Å². The Labute approximate surface area is 160 Å². The van der Waals surface area contributed by atoms with E-state index in [0.717, 1.165) is 7.11 Å². The number of alkyl halides is 3. The van der Waals surface area contributed by atoms with Crippen molar-refractivity contribution >= 4 is 5.97 Å². The third-order valence-electron chi connectivity index (χ3n) is 4.85. The van der Waals surface area contributed by atoms with Crippen LogP contribution in [-0.4, -0.2) is 19.3 Å². The van der Waals surface area contributed by atoms with Gasteiger partial charge < -0.3 is 9.47 Å². The zero-order valence-electron chi connectivity index (χ0n) is 15.4. The molecule has 2 unspecified atom stereocenters. The molecule has 0 amide bonds. The molecule has 162 valence electrons. The van der Waals surface area contributed by atoms with Gasteiger partial charge in [0.25, 0.3) is 0 Å². The second-order valence-corrected chi connectivity index (χ2v) is 7.09. The highest BCUT2D eigenvalue weighted by Gasteiger charge is 2.62. The molecule has 1 aliphatic carbocycles. The van der Waals surface area contributed by atoms with Crippen molar-refractivity contribution in [3.63, 3.8) is 0 Å². The number of carbonyl (C=O) groups excluding carboxylic acids is 1. The van der Waals surface area contributed by atoms with Crippen LogP contribution in [0.4, 0.5) is 35.1 Å². The van der Waals surface area contributed by atoms with Crippen LogP contribution in [0.3, 0.4) is 0 Å². The van der Waals surface area contributed by atoms with Gasteiger partial charge in [-0.1, -0.05) is 13.8 Å². The molecule has 29 heavy (non-hydrogen) atoms. The Morgan fingerprint density at radius 2 is 1.45 bits per heavy atom. The normalized spacial score (nSPS) is 21.3. The molecule has 3 nitrogen and oxygen atoms in total. The monoisotopic (exact) mass is 432 g/mol. The molecular weight excluding hydrogens is 416 g/mol. The summed E-state index contributed by atoms with van der Waals surface area (Å²) < 4.78 is 115. The average Bonchev–Trinajstić information content (AvgIpc) is 3.16. The maximum absolute atomic E-state index is 14.0. The average molecular weight is 432 g/mol. The minimum Gasteiger partial charge on any atom is -0.460 e. The van der Waals surface area contributed by atoms with Crippen molar-refractivity contribution in [1.82, 2.24) is 0 Å². The number of hydrogen-bond acceptors (Lipinski definition) is 3. The first-order valence-corrected chi connectivity index (χ1v) is 8.18. The zero-order valence-corrected chi connectivity index (χ0v) is 15.4. The Kier molecular flexibility index (Phi) is 6.32. The molecule has 0 aromatic heterocycles. The number of methoxy groups -OCH3 is 1. The molecule has 0 saturated heterocycles. The van der Waals surface area contributed by atoms with E-state index in [2.05, 4.69) is 9.47 Å². The van der Waals surface area contributed by atoms with Gasteiger partial charge in [0.1, 0.15) is 6.61 Å². The maximum atomic E-state index is 14.0. The summed E-state index contributed by atoms with van der Waals surface area (Å²) in [5.41, 5.74) is -3.32. The minimum atomic E-state index is -5.22. The van der Waals surface area contributed by atoms with Crippen LogP contribution < -0.4 is 0 Å². The lowest BCUT2D eigenvalue weighted by atomic mass is 10.1. The predicted octanol–water partition coefficient (Wildman–Crippen LogP) is 5.12. The van der Waals surface area contributed by atoms with Gasteiger partial charge in [0.2, 0.25) is 0 Å². The number of esters is 1. The Hall–Kier alpha value is -2.17. The molecule has 1 saturated carbocycles. The van der Waals surface area contributed by atoms with Gasteiger partial charge in [-0.3, -0.25) is 4.79 Å². The maximum Gasteiger partial charge on any atom is 0.442 e. The standard InChI is InChI=1S/C18H16F8O3/c1-17(2)9(4-10(19)18(24,25)26)11(17)16(27)29-6-8-14(22)12(20)7(5-28-3)13(21)15(8)23/h4,9,11H,5-6H2,1-3H3. The van der Waals surface area contributed by atoms with Crippen LogP contribution in [0.25, 0.3) is 0 Å². The van der Waals surface area contributed by atoms with Crippen LogP contribution in [0.1, 0.15) is 25.0 Å². The third kappa shape index (κ3) is 4.39. The largest absolute Gasteiger partial charge is 0.460 e. The highest BCUT2D eigenvalue weighted by molar-refractivity contribution is 5.78. The number of allylic oxidation sites excluding steroid dienone is 2. The molecule has 0 radical (unpaired) electrons. The van der Waals surface area contributed by atoms with E-state index in [1.165, 1.54) is 13.8 Å². The first-order valence-electron chi connectivity index (χ1n) is 8.18. The Balaban J connectivity index is 2.18. The second kappa shape index (κ2) is 7.92. The molecule has 0 N–H and O–H groups in total. The number of carbonyl (C=O) groups is 1. The molecule has 1 aliphatic rings. The Morgan fingerprint density at radius 1 is 1.00 bits per heavy atom. The van der Waals surface area contributed by atoms with E-state index in [0.29, 0.717) is 0 Å². The van der Waals surface area contributed by atoms with E-state index >= 15 is 0 Å². The first-order chi connectivity index (χ1) is 13.2. The van der Waals surface area contributed by atoms with Gasteiger partial charge in [0.15, 0.2) is 29.1 Å². The second-order valence-electron chi connectivity index (χ2n) is 7.09. The predicted molar refractivity (Wildman–Crippen MR) is 82.8 cm³/mol. The van der Waals surface area contributed by atoms with Crippen LogP contribution in [-0.2, 0) is 27.5 Å². The SMILES string of the molecule is COCc1c(F)c(F)c(COC(=O)C2C(C=C(F)C(F)(F)F)C2(C)C)c(F)c1F. The number of benzene rings is 1. The van der Waals surface area contributed by atoms with Crippen molar-refractivity contribution in [2.24, 2.45) is 17.3 Å². The summed E-state index contributed by atoms with van der Waals surface area (Å²) in [6.45, 7) is 0.774. The van der Waals surface area contributed by atoms with Crippen molar-refractivity contribution in [2.45, 2.75) is 33.2 Å². The molecule has 11 heteroatoms. The summed E-state index contributed by atoms with van der Waals surface area (Å²) in [7, 11) is 1.05. The fraction of sp³-hybridized carbons (Fsp3) is 0.500. The summed E-state index contributed by atoms with van der Waals surface area (Å²) in [4.78, 5) is 12.1. The van der Waals surface area contributed by atoms with Crippen molar-refractivity contribution < 1.29 is 49.4 Å². The van der Waals surface area contributed by atoms with Crippen LogP contribution in [0, 0.1) is 40.5 Å². The summed E-state index contributed by atoms with van der Waals surface area (Å²) in [6, 6.07) is 0. The molecule has 0 bridgehead atoms. The minimum absolute atomic E-state index is 0.228. The topological polar surface area (TPSA) is 35.5 Å². The third-order valence-corrected chi connectivity index (χ3v) is 4.85. The highest BCUT2D eigenvalue weighted by atomic mass is 19.4. The van der Waals surface area contributed by atoms with Gasteiger partial charge in [0, 0.05) is 7.11 Å². The van der Waals surface area contributed by atoms with Crippen molar-refractivity contribution in [3.05, 3.63) is 46.3 Å². The van der Waals surface area contributed by atoms with E-state index in [4.69, 9.17) is 0 Å². The molecule has 2 atom stereocenters. The lowest BCUT2D eigenvalue weighted by Crippen LogP contribution is -2.15. The fourth-order valence-electron chi connectivity index (χ4n) is 3.04. The molecule has 0 aliphatic heterocycles. The van der Waals surface area contributed by atoms with Crippen molar-refractivity contribution in [3.8, 4) is 0 Å². The van der Waals surface area contributed by atoms with Gasteiger partial charge in [-0.25, -0.2) is 22.0 Å². The first kappa shape index (κ1) is 23.1. The lowest BCUT2D eigenvalue weighted by Gasteiger charge is -2.12. The fourth-order valence-corrected chi connectivity index (χ4v) is 3.04. The number of halogens is 8. The van der Waals surface area contributed by atoms with E-state index < -0.39 is 82.8 Å². The quantitative estimate of drug-likeness (QED) is 0.356. The number of hydrogen-bond donors (Lipinski definition) is 0. The number of ether oxygens (including phenoxy) is 2. The van der Waals surface area contributed by atoms with Crippen molar-refractivity contribution in [2.75, 3.05) is 7.11 Å². The Bertz CT molecular complexity index is 815. The molecule has 1 aromatic rings. The van der Waals surface area contributed by atoms with E-state index in [9.17, 15) is 39.9 Å².